The molecular formula is C19H20ClFN4O2. The highest BCUT2D eigenvalue weighted by molar-refractivity contribution is 6.31. The van der Waals surface area contributed by atoms with Crippen LogP contribution < -0.4 is 4.90 Å². The van der Waals surface area contributed by atoms with Crippen molar-refractivity contribution in [3.63, 3.8) is 0 Å². The maximum atomic E-state index is 13.9. The second kappa shape index (κ2) is 7.78. The van der Waals surface area contributed by atoms with E-state index in [2.05, 4.69) is 14.9 Å². The normalized spacial score (nSPS) is 16.5. The van der Waals surface area contributed by atoms with Crippen molar-refractivity contribution in [3.05, 3.63) is 52.1 Å². The molecule has 142 valence electrons. The second-order valence-corrected chi connectivity index (χ2v) is 7.10. The Bertz CT molecular complexity index is 837. The third kappa shape index (κ3) is 3.89. The summed E-state index contributed by atoms with van der Waals surface area (Å²) in [5.74, 6) is 0.269. The molecule has 1 aromatic carbocycles. The quantitative estimate of drug-likeness (QED) is 0.803. The van der Waals surface area contributed by atoms with E-state index in [1.54, 1.807) is 23.2 Å². The summed E-state index contributed by atoms with van der Waals surface area (Å²) in [7, 11) is 0. The summed E-state index contributed by atoms with van der Waals surface area (Å²) in [6.45, 7) is 3.82. The van der Waals surface area contributed by atoms with Gasteiger partial charge in [-0.15, -0.1) is 0 Å². The van der Waals surface area contributed by atoms with Crippen molar-refractivity contribution in [1.82, 2.24) is 14.9 Å². The summed E-state index contributed by atoms with van der Waals surface area (Å²) in [6.07, 6.45) is 2.29. The average molecular weight is 391 g/mol. The molecule has 2 aromatic rings. The molecule has 1 saturated heterocycles. The van der Waals surface area contributed by atoms with Crippen LogP contribution in [0, 0.1) is 5.82 Å². The van der Waals surface area contributed by atoms with Gasteiger partial charge in [0.2, 0.25) is 11.9 Å². The predicted molar refractivity (Wildman–Crippen MR) is 99.0 cm³/mol. The summed E-state index contributed by atoms with van der Waals surface area (Å²) >= 11 is 6.04. The Labute approximate surface area is 161 Å². The molecule has 1 fully saturated rings. The number of hydrogen-bond acceptors (Lipinski definition) is 5. The summed E-state index contributed by atoms with van der Waals surface area (Å²) in [6, 6.07) is 4.56. The monoisotopic (exact) mass is 390 g/mol. The van der Waals surface area contributed by atoms with E-state index < -0.39 is 0 Å². The summed E-state index contributed by atoms with van der Waals surface area (Å²) in [5.41, 5.74) is 2.23. The second-order valence-electron chi connectivity index (χ2n) is 6.69. The highest BCUT2D eigenvalue weighted by Crippen LogP contribution is 2.25. The average Bonchev–Trinajstić information content (AvgIpc) is 3.11. The number of hydrogen-bond donors (Lipinski definition) is 0. The van der Waals surface area contributed by atoms with Crippen LogP contribution in [0.15, 0.2) is 24.4 Å². The fourth-order valence-electron chi connectivity index (χ4n) is 3.40. The van der Waals surface area contributed by atoms with Crippen molar-refractivity contribution in [2.75, 3.05) is 31.2 Å². The van der Waals surface area contributed by atoms with Crippen LogP contribution >= 0.6 is 11.6 Å². The molecule has 4 rings (SSSR count). The minimum atomic E-state index is -0.374. The fraction of sp³-hybridized carbons (Fsp3) is 0.421. The number of ether oxygens (including phenoxy) is 1. The number of aromatic nitrogens is 2. The van der Waals surface area contributed by atoms with Crippen LogP contribution in [-0.4, -0.2) is 47.1 Å². The van der Waals surface area contributed by atoms with E-state index in [0.717, 1.165) is 24.3 Å². The molecule has 0 N–H and O–H groups in total. The van der Waals surface area contributed by atoms with Crippen LogP contribution in [-0.2, 0) is 29.0 Å². The number of fused-ring (bicyclic) bond motifs is 1. The number of amides is 1. The molecule has 0 saturated carbocycles. The highest BCUT2D eigenvalue weighted by Gasteiger charge is 2.26. The Hall–Kier alpha value is -2.25. The third-order valence-corrected chi connectivity index (χ3v) is 5.29. The van der Waals surface area contributed by atoms with E-state index in [-0.39, 0.29) is 24.6 Å². The molecule has 0 spiro atoms. The Kier molecular flexibility index (Phi) is 5.22. The van der Waals surface area contributed by atoms with Gasteiger partial charge in [0.05, 0.1) is 25.5 Å². The lowest BCUT2D eigenvalue weighted by atomic mass is 10.1. The van der Waals surface area contributed by atoms with Crippen molar-refractivity contribution in [1.29, 1.82) is 0 Å². The number of carbonyl (C=O) groups is 1. The van der Waals surface area contributed by atoms with Gasteiger partial charge in [-0.2, -0.15) is 0 Å². The number of nitrogens with zero attached hydrogens (tertiary/aromatic N) is 4. The standard InChI is InChI=1S/C19H20ClFN4O2/c20-15-2-1-3-16(21)14(15)4-5-18(26)25-11-13-10-22-19(23-17(13)12-25)24-6-8-27-9-7-24/h1-3,10H,4-9,11-12H2. The number of halogens is 2. The van der Waals surface area contributed by atoms with Gasteiger partial charge in [-0.1, -0.05) is 17.7 Å². The number of benzene rings is 1. The maximum absolute atomic E-state index is 13.9. The van der Waals surface area contributed by atoms with Gasteiger partial charge >= 0.3 is 0 Å². The molecule has 2 aliphatic rings. The van der Waals surface area contributed by atoms with Crippen molar-refractivity contribution < 1.29 is 13.9 Å². The van der Waals surface area contributed by atoms with Gasteiger partial charge in [-0.05, 0) is 18.6 Å². The topological polar surface area (TPSA) is 58.6 Å². The van der Waals surface area contributed by atoms with Crippen LogP contribution in [0.4, 0.5) is 10.3 Å². The van der Waals surface area contributed by atoms with Crippen LogP contribution in [0.2, 0.25) is 5.02 Å². The van der Waals surface area contributed by atoms with Gasteiger partial charge in [0, 0.05) is 48.4 Å². The SMILES string of the molecule is O=C(CCc1c(F)cccc1Cl)N1Cc2cnc(N3CCOCC3)nc2C1. The van der Waals surface area contributed by atoms with Gasteiger partial charge < -0.3 is 14.5 Å². The van der Waals surface area contributed by atoms with Crippen LogP contribution in [0.25, 0.3) is 0 Å². The van der Waals surface area contributed by atoms with Gasteiger partial charge in [0.15, 0.2) is 0 Å². The van der Waals surface area contributed by atoms with E-state index >= 15 is 0 Å². The highest BCUT2D eigenvalue weighted by atomic mass is 35.5. The molecule has 3 heterocycles. The lowest BCUT2D eigenvalue weighted by molar-refractivity contribution is -0.131. The lowest BCUT2D eigenvalue weighted by Gasteiger charge is -2.26. The molecule has 0 unspecified atom stereocenters. The molecule has 6 nitrogen and oxygen atoms in total. The molecule has 1 amide bonds. The minimum absolute atomic E-state index is 0.0414. The molecule has 0 atom stereocenters. The summed E-state index contributed by atoms with van der Waals surface area (Å²) < 4.78 is 19.2. The number of carbonyl (C=O) groups excluding carboxylic acids is 1. The Balaban J connectivity index is 1.39. The minimum Gasteiger partial charge on any atom is -0.378 e. The smallest absolute Gasteiger partial charge is 0.225 e. The van der Waals surface area contributed by atoms with Crippen molar-refractivity contribution >= 4 is 23.5 Å². The Morgan fingerprint density at radius 2 is 2.07 bits per heavy atom. The zero-order valence-electron chi connectivity index (χ0n) is 14.8. The molecule has 27 heavy (non-hydrogen) atoms. The first-order valence-electron chi connectivity index (χ1n) is 9.00. The van der Waals surface area contributed by atoms with Crippen LogP contribution in [0.5, 0.6) is 0 Å². The first kappa shape index (κ1) is 18.1. The van der Waals surface area contributed by atoms with E-state index in [0.29, 0.717) is 42.8 Å². The molecule has 0 radical (unpaired) electrons. The molecule has 8 heteroatoms. The molecule has 2 aliphatic heterocycles. The molecule has 0 aliphatic carbocycles. The Morgan fingerprint density at radius 3 is 2.85 bits per heavy atom. The lowest BCUT2D eigenvalue weighted by Crippen LogP contribution is -2.37. The maximum Gasteiger partial charge on any atom is 0.225 e. The van der Waals surface area contributed by atoms with Gasteiger partial charge in [-0.25, -0.2) is 14.4 Å². The zero-order chi connectivity index (χ0) is 18.8. The predicted octanol–water partition coefficient (Wildman–Crippen LogP) is 2.58. The molecule has 0 bridgehead atoms. The fourth-order valence-corrected chi connectivity index (χ4v) is 3.65. The van der Waals surface area contributed by atoms with Crippen molar-refractivity contribution in [2.24, 2.45) is 0 Å². The zero-order valence-corrected chi connectivity index (χ0v) is 15.6. The number of morpholine rings is 1. The molecular weight excluding hydrogens is 371 g/mol. The first-order chi connectivity index (χ1) is 13.1. The van der Waals surface area contributed by atoms with Gasteiger partial charge in [-0.3, -0.25) is 4.79 Å². The van der Waals surface area contributed by atoms with Crippen LogP contribution in [0.3, 0.4) is 0 Å². The van der Waals surface area contributed by atoms with E-state index in [4.69, 9.17) is 16.3 Å². The summed E-state index contributed by atoms with van der Waals surface area (Å²) in [5, 5.41) is 0.355. The number of rotatable bonds is 4. The van der Waals surface area contributed by atoms with Crippen molar-refractivity contribution in [3.8, 4) is 0 Å². The third-order valence-electron chi connectivity index (χ3n) is 4.94. The van der Waals surface area contributed by atoms with E-state index in [1.807, 2.05) is 0 Å². The van der Waals surface area contributed by atoms with Gasteiger partial charge in [0.1, 0.15) is 5.82 Å². The van der Waals surface area contributed by atoms with Gasteiger partial charge in [0.25, 0.3) is 0 Å². The largest absolute Gasteiger partial charge is 0.378 e. The number of anilines is 1. The molecule has 1 aromatic heterocycles. The summed E-state index contributed by atoms with van der Waals surface area (Å²) in [4.78, 5) is 25.5. The Morgan fingerprint density at radius 1 is 1.26 bits per heavy atom. The van der Waals surface area contributed by atoms with E-state index in [9.17, 15) is 9.18 Å². The van der Waals surface area contributed by atoms with Crippen LogP contribution in [0.1, 0.15) is 23.2 Å². The first-order valence-corrected chi connectivity index (χ1v) is 9.38. The van der Waals surface area contributed by atoms with Crippen molar-refractivity contribution in [2.45, 2.75) is 25.9 Å². The van der Waals surface area contributed by atoms with E-state index in [1.165, 1.54) is 6.07 Å².